The van der Waals surface area contributed by atoms with E-state index in [0.717, 1.165) is 38.5 Å². The minimum atomic E-state index is -0.395. The molecule has 0 bridgehead atoms. The first kappa shape index (κ1) is 31.8. The minimum absolute atomic E-state index is 0.0950. The van der Waals surface area contributed by atoms with Gasteiger partial charge in [-0.15, -0.1) is 0 Å². The van der Waals surface area contributed by atoms with Gasteiger partial charge in [-0.3, -0.25) is 4.79 Å². The lowest BCUT2D eigenvalue weighted by molar-refractivity contribution is -0.159. The van der Waals surface area contributed by atoms with Crippen molar-refractivity contribution in [2.75, 3.05) is 26.4 Å². The summed E-state index contributed by atoms with van der Waals surface area (Å²) in [6, 6.07) is 0. The van der Waals surface area contributed by atoms with Crippen molar-refractivity contribution < 1.29 is 24.1 Å². The molecule has 5 heteroatoms. The summed E-state index contributed by atoms with van der Waals surface area (Å²) in [7, 11) is 0. The number of aliphatic hydroxyl groups is 1. The number of aliphatic hydroxyl groups excluding tert-OH is 1. The lowest BCUT2D eigenvalue weighted by Crippen LogP contribution is -2.21. The predicted octanol–water partition coefficient (Wildman–Crippen LogP) is 6.95. The third-order valence-electron chi connectivity index (χ3n) is 5.24. The zero-order valence-electron chi connectivity index (χ0n) is 21.5. The fraction of sp³-hybridized carbons (Fsp3) is 0.786. The third kappa shape index (κ3) is 23.8. The Kier molecular flexibility index (Phi) is 24.6. The fourth-order valence-corrected chi connectivity index (χ4v) is 3.11. The average Bonchev–Trinajstić information content (AvgIpc) is 2.83. The predicted molar refractivity (Wildman–Crippen MR) is 137 cm³/mol. The molecule has 1 radical (unpaired) electrons. The minimum Gasteiger partial charge on any atom is -0.465 e. The molecule has 1 atom stereocenters. The van der Waals surface area contributed by atoms with Gasteiger partial charge < -0.3 is 19.3 Å². The first-order valence-electron chi connectivity index (χ1n) is 13.3. The number of carbonyl (C=O) groups is 1. The molecule has 0 aliphatic heterocycles. The normalized spacial score (nSPS) is 12.9. The van der Waals surface area contributed by atoms with Crippen LogP contribution in [0.1, 0.15) is 104 Å². The maximum Gasteiger partial charge on any atom is 0.305 e. The van der Waals surface area contributed by atoms with E-state index in [9.17, 15) is 4.79 Å². The second-order valence-corrected chi connectivity index (χ2v) is 8.66. The highest BCUT2D eigenvalue weighted by Crippen LogP contribution is 2.10. The van der Waals surface area contributed by atoms with Gasteiger partial charge in [0.1, 0.15) is 0 Å². The average molecular weight is 468 g/mol. The molecule has 0 aromatic heterocycles. The molecule has 0 aromatic rings. The van der Waals surface area contributed by atoms with Crippen LogP contribution in [0.2, 0.25) is 0 Å². The summed E-state index contributed by atoms with van der Waals surface area (Å²) >= 11 is 0. The van der Waals surface area contributed by atoms with Crippen LogP contribution in [-0.2, 0) is 19.0 Å². The van der Waals surface area contributed by atoms with Gasteiger partial charge in [0.2, 0.25) is 0 Å². The molecule has 1 unspecified atom stereocenters. The number of carbonyl (C=O) groups excluding carboxylic acids is 1. The first-order chi connectivity index (χ1) is 16.1. The summed E-state index contributed by atoms with van der Waals surface area (Å²) in [5.74, 6) is -0.596. The summed E-state index contributed by atoms with van der Waals surface area (Å²) in [5.41, 5.74) is 0. The molecule has 5 nitrogen and oxygen atoms in total. The molecule has 0 saturated carbocycles. The van der Waals surface area contributed by atoms with Crippen LogP contribution in [0.15, 0.2) is 24.3 Å². The van der Waals surface area contributed by atoms with Crippen molar-refractivity contribution in [3.05, 3.63) is 31.2 Å². The highest BCUT2D eigenvalue weighted by molar-refractivity contribution is 5.69. The van der Waals surface area contributed by atoms with Gasteiger partial charge in [-0.1, -0.05) is 63.8 Å². The molecule has 0 rings (SSSR count). The number of esters is 1. The second-order valence-electron chi connectivity index (χ2n) is 8.66. The van der Waals surface area contributed by atoms with Crippen LogP contribution in [0.5, 0.6) is 0 Å². The Labute approximate surface area is 204 Å². The Morgan fingerprint density at radius 3 is 1.76 bits per heavy atom. The van der Waals surface area contributed by atoms with Gasteiger partial charge in [-0.05, 0) is 58.3 Å². The van der Waals surface area contributed by atoms with E-state index in [2.05, 4.69) is 45.1 Å². The molecule has 0 saturated heterocycles. The number of rotatable bonds is 24. The summed E-state index contributed by atoms with van der Waals surface area (Å²) in [6.07, 6.45) is 23.1. The van der Waals surface area contributed by atoms with Gasteiger partial charge in [0.15, 0.2) is 6.29 Å². The van der Waals surface area contributed by atoms with Crippen LogP contribution in [0.4, 0.5) is 0 Å². The van der Waals surface area contributed by atoms with Crippen molar-refractivity contribution in [2.24, 2.45) is 5.92 Å². The maximum absolute atomic E-state index is 12.0. The van der Waals surface area contributed by atoms with E-state index in [1.54, 1.807) is 0 Å². The van der Waals surface area contributed by atoms with Crippen molar-refractivity contribution >= 4 is 5.97 Å². The largest absolute Gasteiger partial charge is 0.465 e. The van der Waals surface area contributed by atoms with Gasteiger partial charge in [0, 0.05) is 18.9 Å². The summed E-state index contributed by atoms with van der Waals surface area (Å²) in [5, 5.41) is 8.99. The molecule has 0 spiro atoms. The van der Waals surface area contributed by atoms with E-state index < -0.39 is 6.29 Å². The number of unbranched alkanes of at least 4 members (excludes halogenated alkanes) is 8. The number of hydrogen-bond acceptors (Lipinski definition) is 5. The molecule has 0 amide bonds. The van der Waals surface area contributed by atoms with Crippen molar-refractivity contribution in [2.45, 2.75) is 110 Å². The first-order valence-corrected chi connectivity index (χ1v) is 13.3. The Bertz CT molecular complexity index is 447. The van der Waals surface area contributed by atoms with Crippen molar-refractivity contribution in [3.8, 4) is 0 Å². The lowest BCUT2D eigenvalue weighted by Gasteiger charge is -2.18. The van der Waals surface area contributed by atoms with Crippen molar-refractivity contribution in [1.29, 1.82) is 0 Å². The van der Waals surface area contributed by atoms with E-state index in [-0.39, 0.29) is 31.5 Å². The highest BCUT2D eigenvalue weighted by atomic mass is 16.7. The molecule has 33 heavy (non-hydrogen) atoms. The van der Waals surface area contributed by atoms with Crippen LogP contribution >= 0.6 is 0 Å². The van der Waals surface area contributed by atoms with Gasteiger partial charge in [-0.25, -0.2) is 0 Å². The monoisotopic (exact) mass is 467 g/mol. The van der Waals surface area contributed by atoms with Gasteiger partial charge in [0.05, 0.1) is 26.2 Å². The maximum atomic E-state index is 12.0. The van der Waals surface area contributed by atoms with E-state index in [4.69, 9.17) is 19.3 Å². The molecule has 193 valence electrons. The third-order valence-corrected chi connectivity index (χ3v) is 5.24. The topological polar surface area (TPSA) is 65.0 Å². The van der Waals surface area contributed by atoms with Crippen molar-refractivity contribution in [1.82, 2.24) is 0 Å². The second kappa shape index (κ2) is 25.5. The Hall–Kier alpha value is -1.17. The molecule has 0 aliphatic carbocycles. The molecular weight excluding hydrogens is 416 g/mol. The zero-order chi connectivity index (χ0) is 24.4. The zero-order valence-corrected chi connectivity index (χ0v) is 21.5. The van der Waals surface area contributed by atoms with Crippen LogP contribution in [0.25, 0.3) is 0 Å². The Morgan fingerprint density at radius 1 is 0.818 bits per heavy atom. The molecule has 0 aliphatic rings. The standard InChI is InChI=1S/C28H51O5/c1-4-6-8-10-12-14-16-18-22-31-28(21-20-27(30)33-25-26(3)24-29)32-23-19-17-15-13-11-9-7-5-2/h12-15,26,28-29H,3-11,16-25H2,1-2H3/b14-12-,15-13-. The summed E-state index contributed by atoms with van der Waals surface area (Å²) < 4.78 is 17.0. The van der Waals surface area contributed by atoms with Crippen molar-refractivity contribution in [3.63, 3.8) is 0 Å². The van der Waals surface area contributed by atoms with E-state index in [1.165, 1.54) is 38.5 Å². The van der Waals surface area contributed by atoms with Crippen LogP contribution < -0.4 is 0 Å². The molecule has 0 fully saturated rings. The quantitative estimate of drug-likeness (QED) is 0.0720. The van der Waals surface area contributed by atoms with E-state index >= 15 is 0 Å². The van der Waals surface area contributed by atoms with Gasteiger partial charge in [0.25, 0.3) is 0 Å². The van der Waals surface area contributed by atoms with Gasteiger partial charge in [-0.2, -0.15) is 0 Å². The molecular formula is C28H51O5. The molecule has 0 heterocycles. The number of allylic oxidation sites excluding steroid dienone is 4. The molecule has 0 aromatic carbocycles. The van der Waals surface area contributed by atoms with Crippen LogP contribution in [0.3, 0.4) is 0 Å². The van der Waals surface area contributed by atoms with Crippen LogP contribution in [-0.4, -0.2) is 43.8 Å². The highest BCUT2D eigenvalue weighted by Gasteiger charge is 2.14. The van der Waals surface area contributed by atoms with Gasteiger partial charge >= 0.3 is 5.97 Å². The lowest BCUT2D eigenvalue weighted by atomic mass is 10.2. The Morgan fingerprint density at radius 2 is 1.30 bits per heavy atom. The summed E-state index contributed by atoms with van der Waals surface area (Å²) in [4.78, 5) is 12.0. The number of ether oxygens (including phenoxy) is 3. The fourth-order valence-electron chi connectivity index (χ4n) is 3.11. The smallest absolute Gasteiger partial charge is 0.305 e. The van der Waals surface area contributed by atoms with Crippen LogP contribution in [0, 0.1) is 12.8 Å². The van der Waals surface area contributed by atoms with E-state index in [0.29, 0.717) is 19.6 Å². The SMILES string of the molecule is [CH2]C(CO)COC(=O)CCC(OCCC/C=C\CCCCC)OCCC/C=C\CCCCC. The molecule has 1 N–H and O–H groups in total. The summed E-state index contributed by atoms with van der Waals surface area (Å²) in [6.45, 7) is 9.41. The Balaban J connectivity index is 4.17. The van der Waals surface area contributed by atoms with E-state index in [1.807, 2.05) is 0 Å². The number of hydrogen-bond donors (Lipinski definition) is 1.